The van der Waals surface area contributed by atoms with Crippen molar-refractivity contribution >= 4 is 23.5 Å². The van der Waals surface area contributed by atoms with Gasteiger partial charge in [-0.25, -0.2) is 4.98 Å². The van der Waals surface area contributed by atoms with E-state index >= 15 is 0 Å². The van der Waals surface area contributed by atoms with Crippen molar-refractivity contribution in [3.8, 4) is 0 Å². The molecule has 5 rings (SSSR count). The lowest BCUT2D eigenvalue weighted by Crippen LogP contribution is -2.52. The molecule has 2 fully saturated rings. The van der Waals surface area contributed by atoms with Gasteiger partial charge in [0.15, 0.2) is 0 Å². The molecule has 4 heterocycles. The lowest BCUT2D eigenvalue weighted by molar-refractivity contribution is -0.136. The number of anilines is 1. The van der Waals surface area contributed by atoms with Crippen LogP contribution in [0.3, 0.4) is 0 Å². The number of fused-ring (bicyclic) bond motifs is 1. The molecule has 1 aromatic carbocycles. The van der Waals surface area contributed by atoms with E-state index in [9.17, 15) is 18.8 Å². The van der Waals surface area contributed by atoms with E-state index in [4.69, 9.17) is 0 Å². The Morgan fingerprint density at radius 1 is 1.06 bits per heavy atom. The van der Waals surface area contributed by atoms with E-state index in [0.29, 0.717) is 24.3 Å². The monoisotopic (exact) mass is 437 g/mol. The third-order valence-electron chi connectivity index (χ3n) is 6.39. The first-order valence-corrected chi connectivity index (χ1v) is 10.8. The Labute approximate surface area is 185 Å². The number of aromatic nitrogens is 1. The van der Waals surface area contributed by atoms with E-state index in [1.54, 1.807) is 11.0 Å². The van der Waals surface area contributed by atoms with E-state index in [-0.39, 0.29) is 18.2 Å². The zero-order chi connectivity index (χ0) is 22.2. The standard InChI is InChI=1S/C23H24FN5O3/c24-19-2-1-3-20(25-19)28-10-8-27(9-11-28)13-15-4-5-17-16(12-15)14-29(23(17)32)18-6-7-21(30)26-22(18)31/h1-5,12,18H,6-11,13-14H2,(H,26,30,31). The molecule has 1 N–H and O–H groups in total. The fraction of sp³-hybridized carbons (Fsp3) is 0.391. The quantitative estimate of drug-likeness (QED) is 0.573. The molecule has 2 saturated heterocycles. The van der Waals surface area contributed by atoms with Gasteiger partial charge in [-0.2, -0.15) is 4.39 Å². The van der Waals surface area contributed by atoms with Crippen molar-refractivity contribution in [1.29, 1.82) is 0 Å². The van der Waals surface area contributed by atoms with Crippen molar-refractivity contribution in [2.24, 2.45) is 0 Å². The van der Waals surface area contributed by atoms with Gasteiger partial charge in [-0.05, 0) is 35.7 Å². The van der Waals surface area contributed by atoms with Crippen LogP contribution in [0.15, 0.2) is 36.4 Å². The number of amides is 3. The molecule has 1 atom stereocenters. The first-order chi connectivity index (χ1) is 15.5. The number of nitrogens with one attached hydrogen (secondary N) is 1. The third-order valence-corrected chi connectivity index (χ3v) is 6.39. The molecule has 0 aliphatic carbocycles. The smallest absolute Gasteiger partial charge is 0.255 e. The van der Waals surface area contributed by atoms with Crippen LogP contribution in [0.5, 0.6) is 0 Å². The Hall–Kier alpha value is -3.33. The maximum atomic E-state index is 13.4. The summed E-state index contributed by atoms with van der Waals surface area (Å²) in [6.07, 6.45) is 0.612. The molecule has 2 aromatic rings. The van der Waals surface area contributed by atoms with E-state index < -0.39 is 17.9 Å². The largest absolute Gasteiger partial charge is 0.354 e. The number of imide groups is 1. The molecule has 9 heteroatoms. The lowest BCUT2D eigenvalue weighted by Gasteiger charge is -2.35. The Kier molecular flexibility index (Phi) is 5.34. The number of piperidine rings is 1. The fourth-order valence-electron chi connectivity index (χ4n) is 4.69. The molecule has 1 aromatic heterocycles. The van der Waals surface area contributed by atoms with Crippen LogP contribution in [-0.4, -0.2) is 64.7 Å². The van der Waals surface area contributed by atoms with Crippen LogP contribution >= 0.6 is 0 Å². The van der Waals surface area contributed by atoms with Gasteiger partial charge in [-0.3, -0.25) is 24.6 Å². The first kappa shape index (κ1) is 20.6. The number of benzene rings is 1. The molecule has 166 valence electrons. The molecule has 1 unspecified atom stereocenters. The van der Waals surface area contributed by atoms with Gasteiger partial charge in [-0.15, -0.1) is 0 Å². The van der Waals surface area contributed by atoms with E-state index in [1.165, 1.54) is 6.07 Å². The van der Waals surface area contributed by atoms with E-state index in [1.807, 2.05) is 24.3 Å². The van der Waals surface area contributed by atoms with Crippen LogP contribution < -0.4 is 10.2 Å². The Bertz CT molecular complexity index is 1080. The molecule has 0 radical (unpaired) electrons. The first-order valence-electron chi connectivity index (χ1n) is 10.8. The zero-order valence-electron chi connectivity index (χ0n) is 17.6. The molecule has 8 nitrogen and oxygen atoms in total. The summed E-state index contributed by atoms with van der Waals surface area (Å²) in [6, 6.07) is 10.1. The number of pyridine rings is 1. The predicted molar refractivity (Wildman–Crippen MR) is 114 cm³/mol. The van der Waals surface area contributed by atoms with Crippen LogP contribution in [0.2, 0.25) is 0 Å². The van der Waals surface area contributed by atoms with Gasteiger partial charge >= 0.3 is 0 Å². The summed E-state index contributed by atoms with van der Waals surface area (Å²) in [7, 11) is 0. The van der Waals surface area contributed by atoms with Crippen molar-refractivity contribution in [3.05, 3.63) is 59.0 Å². The van der Waals surface area contributed by atoms with Crippen molar-refractivity contribution in [2.75, 3.05) is 31.1 Å². The number of rotatable bonds is 4. The number of piperazine rings is 1. The Morgan fingerprint density at radius 2 is 1.88 bits per heavy atom. The maximum Gasteiger partial charge on any atom is 0.255 e. The average Bonchev–Trinajstić information content (AvgIpc) is 3.10. The van der Waals surface area contributed by atoms with Crippen molar-refractivity contribution in [1.82, 2.24) is 20.1 Å². The number of hydrogen-bond acceptors (Lipinski definition) is 6. The molecule has 32 heavy (non-hydrogen) atoms. The SMILES string of the molecule is O=C1CCC(N2Cc3cc(CN4CCN(c5cccc(F)n5)CC4)ccc3C2=O)C(=O)N1. The molecular weight excluding hydrogens is 413 g/mol. The van der Waals surface area contributed by atoms with Crippen molar-refractivity contribution in [3.63, 3.8) is 0 Å². The summed E-state index contributed by atoms with van der Waals surface area (Å²) >= 11 is 0. The second kappa shape index (κ2) is 8.31. The molecule has 0 spiro atoms. The normalized spacial score (nSPS) is 21.7. The van der Waals surface area contributed by atoms with Crippen molar-refractivity contribution < 1.29 is 18.8 Å². The van der Waals surface area contributed by atoms with E-state index in [2.05, 4.69) is 20.1 Å². The number of nitrogens with zero attached hydrogens (tertiary/aromatic N) is 4. The van der Waals surface area contributed by atoms with Crippen LogP contribution in [0, 0.1) is 5.95 Å². The molecular formula is C23H24FN5O3. The van der Waals surface area contributed by atoms with Gasteiger partial charge in [-0.1, -0.05) is 18.2 Å². The highest BCUT2D eigenvalue weighted by atomic mass is 19.1. The second-order valence-corrected chi connectivity index (χ2v) is 8.47. The van der Waals surface area contributed by atoms with Gasteiger partial charge in [0, 0.05) is 51.3 Å². The number of carbonyl (C=O) groups excluding carboxylic acids is 3. The van der Waals surface area contributed by atoms with Gasteiger partial charge in [0.2, 0.25) is 17.8 Å². The summed E-state index contributed by atoms with van der Waals surface area (Å²) in [5.74, 6) is -0.644. The highest BCUT2D eigenvalue weighted by molar-refractivity contribution is 6.05. The minimum Gasteiger partial charge on any atom is -0.354 e. The topological polar surface area (TPSA) is 85.9 Å². The summed E-state index contributed by atoms with van der Waals surface area (Å²) in [6.45, 7) is 4.33. The maximum absolute atomic E-state index is 13.4. The van der Waals surface area contributed by atoms with Crippen molar-refractivity contribution in [2.45, 2.75) is 32.0 Å². The van der Waals surface area contributed by atoms with Gasteiger partial charge in [0.05, 0.1) is 0 Å². The highest BCUT2D eigenvalue weighted by Crippen LogP contribution is 2.28. The zero-order valence-corrected chi connectivity index (χ0v) is 17.6. The molecule has 3 aliphatic rings. The van der Waals surface area contributed by atoms with Crippen LogP contribution in [0.25, 0.3) is 0 Å². The Morgan fingerprint density at radius 3 is 2.62 bits per heavy atom. The summed E-state index contributed by atoms with van der Waals surface area (Å²) in [4.78, 5) is 46.4. The Balaban J connectivity index is 1.21. The second-order valence-electron chi connectivity index (χ2n) is 8.47. The van der Waals surface area contributed by atoms with Crippen LogP contribution in [-0.2, 0) is 22.7 Å². The van der Waals surface area contributed by atoms with Crippen LogP contribution in [0.1, 0.15) is 34.3 Å². The summed E-state index contributed by atoms with van der Waals surface area (Å²) in [5.41, 5.74) is 2.65. The van der Waals surface area contributed by atoms with E-state index in [0.717, 1.165) is 43.9 Å². The average molecular weight is 437 g/mol. The fourth-order valence-corrected chi connectivity index (χ4v) is 4.69. The molecule has 0 bridgehead atoms. The van der Waals surface area contributed by atoms with Gasteiger partial charge in [0.1, 0.15) is 11.9 Å². The molecule has 3 amide bonds. The lowest BCUT2D eigenvalue weighted by atomic mass is 10.0. The predicted octanol–water partition coefficient (Wildman–Crippen LogP) is 1.30. The summed E-state index contributed by atoms with van der Waals surface area (Å²) < 4.78 is 13.4. The number of hydrogen-bond donors (Lipinski definition) is 1. The number of carbonyl (C=O) groups is 3. The minimum absolute atomic E-state index is 0.155. The summed E-state index contributed by atoms with van der Waals surface area (Å²) in [5, 5.41) is 2.33. The van der Waals surface area contributed by atoms with Gasteiger partial charge < -0.3 is 9.80 Å². The molecule has 0 saturated carbocycles. The molecule has 3 aliphatic heterocycles. The van der Waals surface area contributed by atoms with Gasteiger partial charge in [0.25, 0.3) is 5.91 Å². The number of halogens is 1. The minimum atomic E-state index is -0.597. The van der Waals surface area contributed by atoms with Crippen LogP contribution in [0.4, 0.5) is 10.2 Å². The highest BCUT2D eigenvalue weighted by Gasteiger charge is 2.39. The third kappa shape index (κ3) is 3.95.